The van der Waals surface area contributed by atoms with Gasteiger partial charge in [0.1, 0.15) is 0 Å². The number of carbonyl (C=O) groups is 2. The Morgan fingerprint density at radius 3 is 2.31 bits per heavy atom. The third-order valence-electron chi connectivity index (χ3n) is 7.27. The molecule has 0 aromatic heterocycles. The van der Waals surface area contributed by atoms with Crippen molar-refractivity contribution < 1.29 is 9.59 Å². The Morgan fingerprint density at radius 2 is 1.69 bits per heavy atom. The van der Waals surface area contributed by atoms with Crippen LogP contribution in [0.2, 0.25) is 0 Å². The van der Waals surface area contributed by atoms with E-state index in [9.17, 15) is 9.59 Å². The zero-order valence-electron chi connectivity index (χ0n) is 19.0. The standard InChI is InChI=1S/C24H41N3O2/c1-18(2)17-20-21(24(20,3)4)23(29)27-15-9-19(10-16-27)22(28)25-11-8-14-26-12-6-5-7-13-26/h17,19-21H,5-16H2,1-4H3,(H,25,28)/t20-,21-/m1/s1. The molecule has 0 aromatic carbocycles. The molecule has 5 heteroatoms. The van der Waals surface area contributed by atoms with Crippen LogP contribution in [-0.2, 0) is 9.59 Å². The Morgan fingerprint density at radius 1 is 1.03 bits per heavy atom. The fourth-order valence-electron chi connectivity index (χ4n) is 5.22. The molecule has 5 nitrogen and oxygen atoms in total. The van der Waals surface area contributed by atoms with Crippen LogP contribution in [0.5, 0.6) is 0 Å². The van der Waals surface area contributed by atoms with Crippen molar-refractivity contribution in [2.45, 2.75) is 66.2 Å². The van der Waals surface area contributed by atoms with Crippen LogP contribution in [-0.4, -0.2) is 60.9 Å². The minimum absolute atomic E-state index is 0.0647. The molecule has 0 spiro atoms. The molecule has 29 heavy (non-hydrogen) atoms. The Balaban J connectivity index is 1.36. The highest BCUT2D eigenvalue weighted by Crippen LogP contribution is 2.60. The van der Waals surface area contributed by atoms with Gasteiger partial charge in [-0.3, -0.25) is 9.59 Å². The van der Waals surface area contributed by atoms with Crippen molar-refractivity contribution in [1.29, 1.82) is 0 Å². The van der Waals surface area contributed by atoms with Crippen LogP contribution in [0.1, 0.15) is 66.2 Å². The second-order valence-corrected chi connectivity index (χ2v) is 10.2. The lowest BCUT2D eigenvalue weighted by Crippen LogP contribution is -2.44. The molecule has 2 aliphatic heterocycles. The van der Waals surface area contributed by atoms with Crippen LogP contribution < -0.4 is 5.32 Å². The number of piperidine rings is 2. The van der Waals surface area contributed by atoms with Crippen LogP contribution in [0.15, 0.2) is 11.6 Å². The molecule has 2 saturated heterocycles. The molecule has 0 bridgehead atoms. The van der Waals surface area contributed by atoms with Crippen molar-refractivity contribution in [3.8, 4) is 0 Å². The molecule has 2 heterocycles. The summed E-state index contributed by atoms with van der Waals surface area (Å²) in [5.74, 6) is 1.01. The van der Waals surface area contributed by atoms with E-state index in [1.165, 1.54) is 37.9 Å². The molecule has 3 fully saturated rings. The molecule has 1 N–H and O–H groups in total. The highest BCUT2D eigenvalue weighted by Gasteiger charge is 2.61. The van der Waals surface area contributed by atoms with Gasteiger partial charge in [0.05, 0.1) is 5.92 Å². The summed E-state index contributed by atoms with van der Waals surface area (Å²) in [5.41, 5.74) is 1.35. The monoisotopic (exact) mass is 403 g/mol. The summed E-state index contributed by atoms with van der Waals surface area (Å²) in [6.45, 7) is 14.3. The molecule has 3 aliphatic rings. The average Bonchev–Trinajstić information content (AvgIpc) is 3.24. The number of rotatable bonds is 7. The van der Waals surface area contributed by atoms with Crippen molar-refractivity contribution in [3.63, 3.8) is 0 Å². The molecule has 0 aromatic rings. The first-order valence-corrected chi connectivity index (χ1v) is 11.7. The van der Waals surface area contributed by atoms with E-state index in [-0.39, 0.29) is 29.1 Å². The normalized spacial score (nSPS) is 27.4. The lowest BCUT2D eigenvalue weighted by Gasteiger charge is -2.32. The number of nitrogens with one attached hydrogen (secondary N) is 1. The number of likely N-dealkylation sites (tertiary alicyclic amines) is 2. The molecular weight excluding hydrogens is 362 g/mol. The quantitative estimate of drug-likeness (QED) is 0.523. The van der Waals surface area contributed by atoms with E-state index in [0.717, 1.165) is 45.4 Å². The van der Waals surface area contributed by atoms with Crippen molar-refractivity contribution in [2.75, 3.05) is 39.3 Å². The van der Waals surface area contributed by atoms with E-state index < -0.39 is 0 Å². The fraction of sp³-hybridized carbons (Fsp3) is 0.833. The second-order valence-electron chi connectivity index (χ2n) is 10.2. The number of hydrogen-bond donors (Lipinski definition) is 1. The minimum Gasteiger partial charge on any atom is -0.356 e. The summed E-state index contributed by atoms with van der Waals surface area (Å²) < 4.78 is 0. The smallest absolute Gasteiger partial charge is 0.226 e. The van der Waals surface area contributed by atoms with E-state index in [4.69, 9.17) is 0 Å². The van der Waals surface area contributed by atoms with Crippen molar-refractivity contribution >= 4 is 11.8 Å². The average molecular weight is 404 g/mol. The van der Waals surface area contributed by atoms with Crippen molar-refractivity contribution in [2.24, 2.45) is 23.2 Å². The van der Waals surface area contributed by atoms with Gasteiger partial charge in [0, 0.05) is 25.6 Å². The predicted molar refractivity (Wildman–Crippen MR) is 117 cm³/mol. The minimum atomic E-state index is 0.0647. The van der Waals surface area contributed by atoms with Gasteiger partial charge in [-0.1, -0.05) is 31.9 Å². The third kappa shape index (κ3) is 5.62. The molecule has 0 unspecified atom stereocenters. The summed E-state index contributed by atoms with van der Waals surface area (Å²) >= 11 is 0. The number of carbonyl (C=O) groups excluding carboxylic acids is 2. The molecular formula is C24H41N3O2. The van der Waals surface area contributed by atoms with Crippen molar-refractivity contribution in [1.82, 2.24) is 15.1 Å². The molecule has 164 valence electrons. The Kier molecular flexibility index (Phi) is 7.42. The third-order valence-corrected chi connectivity index (χ3v) is 7.27. The van der Waals surface area contributed by atoms with E-state index >= 15 is 0 Å². The molecule has 1 aliphatic carbocycles. The second kappa shape index (κ2) is 9.63. The maximum atomic E-state index is 13.0. The zero-order chi connectivity index (χ0) is 21.0. The molecule has 0 radical (unpaired) electrons. The van der Waals surface area contributed by atoms with E-state index in [2.05, 4.69) is 44.0 Å². The van der Waals surface area contributed by atoms with Crippen molar-refractivity contribution in [3.05, 3.63) is 11.6 Å². The first-order chi connectivity index (χ1) is 13.8. The van der Waals surface area contributed by atoms with Gasteiger partial charge in [-0.25, -0.2) is 0 Å². The number of hydrogen-bond acceptors (Lipinski definition) is 3. The van der Waals surface area contributed by atoms with Gasteiger partial charge in [0.2, 0.25) is 11.8 Å². The summed E-state index contributed by atoms with van der Waals surface area (Å²) in [7, 11) is 0. The van der Waals surface area contributed by atoms with Crippen LogP contribution in [0.3, 0.4) is 0 Å². The Hall–Kier alpha value is -1.36. The summed E-state index contributed by atoms with van der Waals surface area (Å²) in [6, 6.07) is 0. The Bertz CT molecular complexity index is 610. The number of allylic oxidation sites excluding steroid dienone is 2. The highest BCUT2D eigenvalue weighted by molar-refractivity contribution is 5.84. The lowest BCUT2D eigenvalue weighted by atomic mass is 9.95. The molecule has 2 amide bonds. The maximum Gasteiger partial charge on any atom is 0.226 e. The van der Waals surface area contributed by atoms with Crippen LogP contribution in [0.25, 0.3) is 0 Å². The SMILES string of the molecule is CC(C)=C[C@@H]1[C@H](C(=O)N2CCC(C(=O)NCCCN3CCCCC3)CC2)C1(C)C. The largest absolute Gasteiger partial charge is 0.356 e. The van der Waals surface area contributed by atoms with Gasteiger partial charge in [0.25, 0.3) is 0 Å². The van der Waals surface area contributed by atoms with Gasteiger partial charge >= 0.3 is 0 Å². The van der Waals surface area contributed by atoms with Gasteiger partial charge in [-0.15, -0.1) is 0 Å². The molecule has 2 atom stereocenters. The number of nitrogens with zero attached hydrogens (tertiary/aromatic N) is 2. The van der Waals surface area contributed by atoms with Crippen LogP contribution in [0, 0.1) is 23.2 Å². The summed E-state index contributed by atoms with van der Waals surface area (Å²) in [4.78, 5) is 30.0. The van der Waals surface area contributed by atoms with E-state index in [0.29, 0.717) is 5.92 Å². The summed E-state index contributed by atoms with van der Waals surface area (Å²) in [6.07, 6.45) is 8.88. The van der Waals surface area contributed by atoms with Gasteiger partial charge in [0.15, 0.2) is 0 Å². The van der Waals surface area contributed by atoms with Gasteiger partial charge in [-0.05, 0) is 76.9 Å². The van der Waals surface area contributed by atoms with Crippen LogP contribution >= 0.6 is 0 Å². The van der Waals surface area contributed by atoms with E-state index in [1.54, 1.807) is 0 Å². The summed E-state index contributed by atoms with van der Waals surface area (Å²) in [5, 5.41) is 3.14. The first kappa shape index (κ1) is 22.3. The maximum absolute atomic E-state index is 13.0. The Labute approximate surface area is 177 Å². The predicted octanol–water partition coefficient (Wildman–Crippen LogP) is 3.46. The highest BCUT2D eigenvalue weighted by atomic mass is 16.2. The topological polar surface area (TPSA) is 52.7 Å². The first-order valence-electron chi connectivity index (χ1n) is 11.7. The van der Waals surface area contributed by atoms with Crippen LogP contribution in [0.4, 0.5) is 0 Å². The zero-order valence-corrected chi connectivity index (χ0v) is 19.0. The van der Waals surface area contributed by atoms with E-state index in [1.807, 2.05) is 4.90 Å². The molecule has 3 rings (SSSR count). The number of amides is 2. The van der Waals surface area contributed by atoms with Gasteiger partial charge in [-0.2, -0.15) is 0 Å². The fourth-order valence-corrected chi connectivity index (χ4v) is 5.22. The van der Waals surface area contributed by atoms with Gasteiger partial charge < -0.3 is 15.1 Å². The lowest BCUT2D eigenvalue weighted by molar-refractivity contribution is -0.137. The molecule has 1 saturated carbocycles.